The first-order valence-corrected chi connectivity index (χ1v) is 8.68. The number of phenolic OH excluding ortho intramolecular Hbond substituents is 1. The molecule has 3 N–H and O–H groups in total. The van der Waals surface area contributed by atoms with E-state index in [1.54, 1.807) is 30.8 Å². The second kappa shape index (κ2) is 7.96. The van der Waals surface area contributed by atoms with E-state index in [0.29, 0.717) is 22.6 Å². The lowest BCUT2D eigenvalue weighted by Gasteiger charge is -2.28. The van der Waals surface area contributed by atoms with Gasteiger partial charge in [0.1, 0.15) is 6.61 Å². The quantitative estimate of drug-likeness (QED) is 0.535. The molecule has 0 unspecified atom stereocenters. The number of aromatic hydroxyl groups is 1. The lowest BCUT2D eigenvalue weighted by Crippen LogP contribution is -2.45. The molecule has 0 saturated carbocycles. The van der Waals surface area contributed by atoms with E-state index in [1.165, 1.54) is 13.2 Å². The van der Waals surface area contributed by atoms with Crippen molar-refractivity contribution in [2.24, 2.45) is 0 Å². The molecule has 0 spiro atoms. The fraction of sp³-hybridized carbons (Fsp3) is 0.375. The summed E-state index contributed by atoms with van der Waals surface area (Å²) in [5.74, 6) is 0.431. The van der Waals surface area contributed by atoms with Crippen molar-refractivity contribution >= 4 is 23.8 Å². The van der Waals surface area contributed by atoms with E-state index >= 15 is 0 Å². The highest BCUT2D eigenvalue weighted by atomic mass is 32.2. The average molecular weight is 352 g/mol. The fourth-order valence-electron chi connectivity index (χ4n) is 2.38. The first-order chi connectivity index (χ1) is 11.5. The maximum Gasteiger partial charge on any atom is 0.338 e. The minimum absolute atomic E-state index is 0.0219. The third kappa shape index (κ3) is 3.94. The van der Waals surface area contributed by atoms with E-state index in [2.05, 4.69) is 10.6 Å². The van der Waals surface area contributed by atoms with Crippen LogP contribution in [0.2, 0.25) is 0 Å². The van der Waals surface area contributed by atoms with Gasteiger partial charge in [0.2, 0.25) is 0 Å². The van der Waals surface area contributed by atoms with Crippen LogP contribution in [-0.2, 0) is 9.53 Å². The van der Waals surface area contributed by atoms with Gasteiger partial charge in [-0.15, -0.1) is 0 Å². The molecule has 1 aromatic carbocycles. The van der Waals surface area contributed by atoms with Gasteiger partial charge in [-0.2, -0.15) is 11.8 Å². The van der Waals surface area contributed by atoms with E-state index in [4.69, 9.17) is 9.47 Å². The molecule has 0 fully saturated rings. The van der Waals surface area contributed by atoms with Gasteiger partial charge in [0.15, 0.2) is 11.5 Å². The summed E-state index contributed by atoms with van der Waals surface area (Å²) in [4.78, 5) is 24.2. The van der Waals surface area contributed by atoms with Crippen molar-refractivity contribution in [3.8, 4) is 11.5 Å². The lowest BCUT2D eigenvalue weighted by molar-refractivity contribution is -0.138. The molecule has 2 rings (SSSR count). The number of thioether (sulfide) groups is 1. The van der Waals surface area contributed by atoms with Crippen LogP contribution in [0.4, 0.5) is 4.79 Å². The summed E-state index contributed by atoms with van der Waals surface area (Å²) in [5, 5.41) is 15.0. The van der Waals surface area contributed by atoms with E-state index < -0.39 is 18.0 Å². The van der Waals surface area contributed by atoms with Crippen molar-refractivity contribution in [3.63, 3.8) is 0 Å². The summed E-state index contributed by atoms with van der Waals surface area (Å²) in [7, 11) is 1.43. The van der Waals surface area contributed by atoms with Gasteiger partial charge in [-0.3, -0.25) is 0 Å². The summed E-state index contributed by atoms with van der Waals surface area (Å²) in [6.45, 7) is 1.94. The van der Waals surface area contributed by atoms with E-state index in [9.17, 15) is 14.7 Å². The van der Waals surface area contributed by atoms with Crippen molar-refractivity contribution in [2.75, 3.05) is 25.7 Å². The number of amides is 2. The fourth-order valence-corrected chi connectivity index (χ4v) is 2.63. The topological polar surface area (TPSA) is 96.9 Å². The van der Waals surface area contributed by atoms with Gasteiger partial charge in [-0.1, -0.05) is 6.07 Å². The molecule has 1 atom stereocenters. The predicted octanol–water partition coefficient (Wildman–Crippen LogP) is 1.93. The standard InChI is InChI=1S/C16H20N2O5S/c1-9-13(15(20)23-6-7-24-3)14(18-16(21)17-9)10-4-5-11(19)12(8-10)22-2/h4-5,8,14,19H,6-7H2,1-3H3,(H2,17,18,21)/t14-/m1/s1. The molecule has 8 heteroatoms. The third-order valence-electron chi connectivity index (χ3n) is 3.55. The molecule has 1 aromatic rings. The van der Waals surface area contributed by atoms with Crippen LogP contribution in [0.15, 0.2) is 29.5 Å². The second-order valence-electron chi connectivity index (χ2n) is 5.13. The zero-order valence-corrected chi connectivity index (χ0v) is 14.5. The smallest absolute Gasteiger partial charge is 0.338 e. The molecule has 7 nitrogen and oxygen atoms in total. The molecule has 2 amide bonds. The maximum atomic E-state index is 12.4. The Bertz CT molecular complexity index is 674. The normalized spacial score (nSPS) is 17.1. The molecule has 0 bridgehead atoms. The van der Waals surface area contributed by atoms with E-state index in [0.717, 1.165) is 0 Å². The Balaban J connectivity index is 2.36. The predicted molar refractivity (Wildman–Crippen MR) is 91.1 cm³/mol. The summed E-state index contributed by atoms with van der Waals surface area (Å²) in [5.41, 5.74) is 1.36. The number of rotatable bonds is 6. The number of hydrogen-bond acceptors (Lipinski definition) is 6. The van der Waals surface area contributed by atoms with E-state index in [-0.39, 0.29) is 18.1 Å². The monoisotopic (exact) mass is 352 g/mol. The van der Waals surface area contributed by atoms with Crippen LogP contribution in [0.3, 0.4) is 0 Å². The highest BCUT2D eigenvalue weighted by Crippen LogP contribution is 2.33. The Hall–Kier alpha value is -2.35. The summed E-state index contributed by atoms with van der Waals surface area (Å²) in [6.07, 6.45) is 1.92. The van der Waals surface area contributed by atoms with Gasteiger partial charge >= 0.3 is 12.0 Å². The number of methoxy groups -OCH3 is 1. The van der Waals surface area contributed by atoms with Crippen molar-refractivity contribution < 1.29 is 24.2 Å². The van der Waals surface area contributed by atoms with Crippen LogP contribution in [0.5, 0.6) is 11.5 Å². The molecule has 0 radical (unpaired) electrons. The second-order valence-corrected chi connectivity index (χ2v) is 6.12. The SMILES string of the molecule is COc1cc([C@H]2NC(=O)NC(C)=C2C(=O)OCCSC)ccc1O. The Labute approximate surface area is 144 Å². The number of carbonyl (C=O) groups excluding carboxylic acids is 2. The molecule has 1 aliphatic rings. The van der Waals surface area contributed by atoms with Crippen molar-refractivity contribution in [3.05, 3.63) is 35.0 Å². The first kappa shape index (κ1) is 18.0. The number of nitrogens with one attached hydrogen (secondary N) is 2. The molecule has 1 heterocycles. The number of phenols is 1. The molecular formula is C16H20N2O5S. The summed E-state index contributed by atoms with van der Waals surface area (Å²) >= 11 is 1.57. The van der Waals surface area contributed by atoms with Crippen molar-refractivity contribution in [1.29, 1.82) is 0 Å². The van der Waals surface area contributed by atoms with Crippen LogP contribution in [-0.4, -0.2) is 42.8 Å². The molecular weight excluding hydrogens is 332 g/mol. The Morgan fingerprint density at radius 2 is 2.17 bits per heavy atom. The van der Waals surface area contributed by atoms with E-state index in [1.807, 2.05) is 6.26 Å². The number of allylic oxidation sites excluding steroid dienone is 1. The van der Waals surface area contributed by atoms with Crippen LogP contribution in [0.25, 0.3) is 0 Å². The van der Waals surface area contributed by atoms with Crippen LogP contribution in [0.1, 0.15) is 18.5 Å². The Morgan fingerprint density at radius 1 is 1.42 bits per heavy atom. The number of urea groups is 1. The average Bonchev–Trinajstić information content (AvgIpc) is 2.54. The van der Waals surface area contributed by atoms with Crippen LogP contribution in [0, 0.1) is 0 Å². The molecule has 24 heavy (non-hydrogen) atoms. The zero-order chi connectivity index (χ0) is 17.7. The molecule has 0 aliphatic carbocycles. The number of esters is 1. The van der Waals surface area contributed by atoms with Crippen molar-refractivity contribution in [2.45, 2.75) is 13.0 Å². The number of ether oxygens (including phenoxy) is 2. The minimum atomic E-state index is -0.685. The number of hydrogen-bond donors (Lipinski definition) is 3. The lowest BCUT2D eigenvalue weighted by atomic mass is 9.95. The summed E-state index contributed by atoms with van der Waals surface area (Å²) in [6, 6.07) is 3.55. The maximum absolute atomic E-state index is 12.4. The molecule has 1 aliphatic heterocycles. The number of benzene rings is 1. The van der Waals surface area contributed by atoms with Crippen molar-refractivity contribution in [1.82, 2.24) is 10.6 Å². The van der Waals surface area contributed by atoms with Gasteiger partial charge in [0, 0.05) is 11.4 Å². The number of carbonyl (C=O) groups is 2. The largest absolute Gasteiger partial charge is 0.504 e. The van der Waals surface area contributed by atoms with Gasteiger partial charge in [0.25, 0.3) is 0 Å². The minimum Gasteiger partial charge on any atom is -0.504 e. The molecule has 130 valence electrons. The van der Waals surface area contributed by atoms with Gasteiger partial charge in [-0.25, -0.2) is 9.59 Å². The highest BCUT2D eigenvalue weighted by Gasteiger charge is 2.32. The molecule has 0 aromatic heterocycles. The van der Waals surface area contributed by atoms with Crippen LogP contribution >= 0.6 is 11.8 Å². The Morgan fingerprint density at radius 3 is 2.83 bits per heavy atom. The third-order valence-corrected chi connectivity index (χ3v) is 4.12. The van der Waals surface area contributed by atoms with Gasteiger partial charge in [0.05, 0.1) is 18.7 Å². The van der Waals surface area contributed by atoms with Gasteiger partial charge in [-0.05, 0) is 30.9 Å². The molecule has 0 saturated heterocycles. The Kier molecular flexibility index (Phi) is 5.97. The highest BCUT2D eigenvalue weighted by molar-refractivity contribution is 7.98. The zero-order valence-electron chi connectivity index (χ0n) is 13.7. The summed E-state index contributed by atoms with van der Waals surface area (Å²) < 4.78 is 10.4. The van der Waals surface area contributed by atoms with Gasteiger partial charge < -0.3 is 25.2 Å². The van der Waals surface area contributed by atoms with Crippen LogP contribution < -0.4 is 15.4 Å². The first-order valence-electron chi connectivity index (χ1n) is 7.29.